The molecule has 0 fully saturated rings. The molecular formula is C10H8. The van der Waals surface area contributed by atoms with Crippen LogP contribution in [-0.2, 0) is 0 Å². The average Bonchev–Trinajstić information content (AvgIpc) is 1.94. The van der Waals surface area contributed by atoms with Gasteiger partial charge in [-0.15, -0.1) is 0 Å². The lowest BCUT2D eigenvalue weighted by atomic mass is 10.3. The maximum atomic E-state index is 3.77. The summed E-state index contributed by atoms with van der Waals surface area (Å²) in [5.41, 5.74) is 0. The summed E-state index contributed by atoms with van der Waals surface area (Å²) in [4.78, 5) is 0. The van der Waals surface area contributed by atoms with Crippen molar-refractivity contribution in [1.82, 2.24) is 0 Å². The van der Waals surface area contributed by atoms with Gasteiger partial charge in [-0.05, 0) is 17.4 Å². The van der Waals surface area contributed by atoms with Crippen LogP contribution in [0.1, 0.15) is 0 Å². The minimum absolute atomic E-state index is 0.863. The van der Waals surface area contributed by atoms with Crippen LogP contribution in [0.5, 0.6) is 0 Å². The van der Waals surface area contributed by atoms with Gasteiger partial charge in [0, 0.05) is 5.22 Å². The number of allylic oxidation sites excluding steroid dienone is 1. The average molecular weight is 128 g/mol. The molecule has 1 aromatic rings. The Morgan fingerprint density at radius 3 is 2.90 bits per heavy atom. The van der Waals surface area contributed by atoms with Crippen molar-refractivity contribution >= 4 is 12.7 Å². The molecule has 0 heterocycles. The molecule has 10 heavy (non-hydrogen) atoms. The molecule has 0 heteroatoms. The largest absolute Gasteiger partial charge is 0.0990 e. The minimum Gasteiger partial charge on any atom is -0.0990 e. The van der Waals surface area contributed by atoms with E-state index in [2.05, 4.69) is 25.3 Å². The molecule has 0 bridgehead atoms. The van der Waals surface area contributed by atoms with E-state index >= 15 is 0 Å². The second-order valence-corrected chi connectivity index (χ2v) is 1.94. The molecule has 0 unspecified atom stereocenters. The van der Waals surface area contributed by atoms with Crippen molar-refractivity contribution in [3.8, 4) is 0 Å². The predicted octanol–water partition coefficient (Wildman–Crippen LogP) is 0.664. The first kappa shape index (κ1) is 6.64. The zero-order valence-corrected chi connectivity index (χ0v) is 5.72. The third-order valence-corrected chi connectivity index (χ3v) is 1.22. The third kappa shape index (κ3) is 1.27. The van der Waals surface area contributed by atoms with Crippen molar-refractivity contribution in [3.63, 3.8) is 0 Å². The molecule has 0 aromatic heterocycles. The topological polar surface area (TPSA) is 0 Å². The molecule has 0 aliphatic rings. The second kappa shape index (κ2) is 2.89. The summed E-state index contributed by atoms with van der Waals surface area (Å²) in [7, 11) is 0. The van der Waals surface area contributed by atoms with Crippen LogP contribution in [0.2, 0.25) is 0 Å². The number of hydrogen-bond donors (Lipinski definition) is 0. The van der Waals surface area contributed by atoms with Crippen molar-refractivity contribution in [2.24, 2.45) is 0 Å². The van der Waals surface area contributed by atoms with E-state index in [0.717, 1.165) is 10.4 Å². The first-order valence-corrected chi connectivity index (χ1v) is 3.04. The van der Waals surface area contributed by atoms with Crippen molar-refractivity contribution < 1.29 is 0 Å². The predicted molar refractivity (Wildman–Crippen MR) is 43.5 cm³/mol. The minimum atomic E-state index is 0.863. The molecule has 0 nitrogen and oxygen atoms in total. The van der Waals surface area contributed by atoms with Crippen LogP contribution in [0.4, 0.5) is 0 Å². The lowest BCUT2D eigenvalue weighted by Gasteiger charge is -1.78. The van der Waals surface area contributed by atoms with Gasteiger partial charge in [-0.3, -0.25) is 0 Å². The fourth-order valence-corrected chi connectivity index (χ4v) is 0.716. The zero-order chi connectivity index (χ0) is 7.40. The second-order valence-electron chi connectivity index (χ2n) is 1.94. The fourth-order valence-electron chi connectivity index (χ4n) is 0.716. The Morgan fingerprint density at radius 1 is 1.50 bits per heavy atom. The van der Waals surface area contributed by atoms with E-state index in [-0.39, 0.29) is 0 Å². The third-order valence-electron chi connectivity index (χ3n) is 1.22. The van der Waals surface area contributed by atoms with Gasteiger partial charge in [-0.2, -0.15) is 0 Å². The lowest BCUT2D eigenvalue weighted by Crippen LogP contribution is -2.20. The molecule has 1 rings (SSSR count). The van der Waals surface area contributed by atoms with E-state index in [1.807, 2.05) is 18.2 Å². The van der Waals surface area contributed by atoms with Crippen molar-refractivity contribution in [2.75, 3.05) is 0 Å². The molecule has 48 valence electrons. The summed E-state index contributed by atoms with van der Waals surface area (Å²) in [6, 6.07) is 9.43. The highest BCUT2D eigenvalue weighted by atomic mass is 13.8. The van der Waals surface area contributed by atoms with Crippen molar-refractivity contribution in [2.45, 2.75) is 0 Å². The van der Waals surface area contributed by atoms with Gasteiger partial charge in [0.05, 0.1) is 0 Å². The van der Waals surface area contributed by atoms with Crippen LogP contribution in [-0.4, -0.2) is 0 Å². The summed E-state index contributed by atoms with van der Waals surface area (Å²) in [5.74, 6) is 0. The van der Waals surface area contributed by atoms with Crippen LogP contribution in [0, 0.1) is 12.1 Å². The highest BCUT2D eigenvalue weighted by molar-refractivity contribution is 5.35. The van der Waals surface area contributed by atoms with E-state index < -0.39 is 0 Å². The Hall–Kier alpha value is -1.48. The molecule has 0 amide bonds. The first-order valence-electron chi connectivity index (χ1n) is 3.04. The summed E-state index contributed by atoms with van der Waals surface area (Å²) >= 11 is 0. The van der Waals surface area contributed by atoms with Gasteiger partial charge in [0.25, 0.3) is 0 Å². The molecule has 1 aromatic carbocycles. The standard InChI is InChI=1S/C10H8/c1-3-6-10-8-5-4-7-9(10)2/h3,5-6,8H,1-2H2/b10-6-. The molecule has 0 radical (unpaired) electrons. The highest BCUT2D eigenvalue weighted by Crippen LogP contribution is 1.64. The molecule has 0 N–H and O–H groups in total. The Labute approximate surface area is 60.8 Å². The Kier molecular flexibility index (Phi) is 1.92. The Bertz CT molecular complexity index is 320. The van der Waals surface area contributed by atoms with Gasteiger partial charge >= 0.3 is 0 Å². The summed E-state index contributed by atoms with van der Waals surface area (Å²) in [6.45, 7) is 7.36. The van der Waals surface area contributed by atoms with Crippen LogP contribution in [0.15, 0.2) is 24.8 Å². The molecule has 0 saturated heterocycles. The smallest absolute Gasteiger partial charge is 0.0249 e. The van der Waals surface area contributed by atoms with Gasteiger partial charge in [0.15, 0.2) is 0 Å². The monoisotopic (exact) mass is 128 g/mol. The SMILES string of the molecule is C=C/C=c1/ccc#cc1=C. The van der Waals surface area contributed by atoms with Crippen LogP contribution in [0.3, 0.4) is 0 Å². The molecule has 0 aliphatic heterocycles. The molecular weight excluding hydrogens is 120 g/mol. The molecule has 0 saturated carbocycles. The summed E-state index contributed by atoms with van der Waals surface area (Å²) in [5, 5.41) is 1.91. The lowest BCUT2D eigenvalue weighted by molar-refractivity contribution is 1.56. The van der Waals surface area contributed by atoms with E-state index in [1.54, 1.807) is 6.08 Å². The first-order chi connectivity index (χ1) is 4.84. The number of rotatable bonds is 1. The quantitative estimate of drug-likeness (QED) is 0.521. The van der Waals surface area contributed by atoms with Crippen molar-refractivity contribution in [1.29, 1.82) is 0 Å². The summed E-state index contributed by atoms with van der Waals surface area (Å²) in [6.07, 6.45) is 3.63. The van der Waals surface area contributed by atoms with E-state index in [9.17, 15) is 0 Å². The van der Waals surface area contributed by atoms with E-state index in [0.29, 0.717) is 0 Å². The zero-order valence-electron chi connectivity index (χ0n) is 5.72. The van der Waals surface area contributed by atoms with Gasteiger partial charge in [0.1, 0.15) is 0 Å². The highest BCUT2D eigenvalue weighted by Gasteiger charge is 1.73. The summed E-state index contributed by atoms with van der Waals surface area (Å²) < 4.78 is 0. The van der Waals surface area contributed by atoms with Gasteiger partial charge < -0.3 is 0 Å². The molecule has 0 aliphatic carbocycles. The van der Waals surface area contributed by atoms with Crippen LogP contribution < -0.4 is 10.4 Å². The van der Waals surface area contributed by atoms with Gasteiger partial charge in [-0.25, -0.2) is 0 Å². The fraction of sp³-hybridized carbons (Fsp3) is 0. The maximum absolute atomic E-state index is 3.77. The number of hydrogen-bond acceptors (Lipinski definition) is 0. The molecule has 0 spiro atoms. The van der Waals surface area contributed by atoms with Crippen LogP contribution in [0.25, 0.3) is 12.7 Å². The van der Waals surface area contributed by atoms with Crippen LogP contribution >= 0.6 is 0 Å². The van der Waals surface area contributed by atoms with Gasteiger partial charge in [-0.1, -0.05) is 37.4 Å². The Morgan fingerprint density at radius 2 is 2.30 bits per heavy atom. The Balaban J connectivity index is 3.43. The molecule has 0 atom stereocenters. The van der Waals surface area contributed by atoms with Crippen molar-refractivity contribution in [3.05, 3.63) is 47.4 Å². The van der Waals surface area contributed by atoms with E-state index in [4.69, 9.17) is 0 Å². The normalized spacial score (nSPS) is 10.6. The van der Waals surface area contributed by atoms with Gasteiger partial charge in [0.2, 0.25) is 0 Å². The maximum Gasteiger partial charge on any atom is 0.0249 e. The van der Waals surface area contributed by atoms with E-state index in [1.165, 1.54) is 0 Å².